The lowest BCUT2D eigenvalue weighted by Crippen LogP contribution is -2.10. The summed E-state index contributed by atoms with van der Waals surface area (Å²) in [5.41, 5.74) is 6.87. The predicted molar refractivity (Wildman–Crippen MR) is 88.6 cm³/mol. The quantitative estimate of drug-likeness (QED) is 0.645. The van der Waals surface area contributed by atoms with E-state index in [4.69, 9.17) is 15.9 Å². The first-order valence-corrected chi connectivity index (χ1v) is 8.11. The monoisotopic (exact) mass is 340 g/mol. The molecule has 0 aliphatic heterocycles. The molecule has 2 rings (SSSR count). The maximum Gasteiger partial charge on any atom is 0.175 e. The number of rotatable bonds is 5. The first-order chi connectivity index (χ1) is 9.86. The van der Waals surface area contributed by atoms with E-state index in [1.54, 1.807) is 48.5 Å². The van der Waals surface area contributed by atoms with Crippen molar-refractivity contribution in [3.8, 4) is 5.75 Å². The van der Waals surface area contributed by atoms with E-state index in [-0.39, 0.29) is 23.1 Å². The van der Waals surface area contributed by atoms with Crippen molar-refractivity contribution >= 4 is 28.1 Å². The molecule has 0 aromatic heterocycles. The Bertz CT molecular complexity index is 759. The fourth-order valence-electron chi connectivity index (χ4n) is 1.75. The number of ether oxygens (including phenoxy) is 1. The van der Waals surface area contributed by atoms with Crippen molar-refractivity contribution in [3.63, 3.8) is 0 Å². The van der Waals surface area contributed by atoms with Gasteiger partial charge in [-0.25, -0.2) is 8.42 Å². The van der Waals surface area contributed by atoms with E-state index in [1.165, 1.54) is 6.26 Å². The third-order valence-electron chi connectivity index (χ3n) is 2.90. The summed E-state index contributed by atoms with van der Waals surface area (Å²) in [5, 5.41) is 7.38. The van der Waals surface area contributed by atoms with Gasteiger partial charge in [0.2, 0.25) is 0 Å². The minimum Gasteiger partial charge on any atom is -0.489 e. The third kappa shape index (κ3) is 4.75. The molecule has 0 aliphatic rings. The molecule has 22 heavy (non-hydrogen) atoms. The molecular formula is C15H17ClN2O3S. The summed E-state index contributed by atoms with van der Waals surface area (Å²) in [6, 6.07) is 13.5. The van der Waals surface area contributed by atoms with Crippen LogP contribution in [0.1, 0.15) is 11.1 Å². The molecule has 2 aromatic rings. The van der Waals surface area contributed by atoms with Gasteiger partial charge in [0.05, 0.1) is 4.90 Å². The molecule has 0 heterocycles. The Morgan fingerprint density at radius 2 is 1.82 bits per heavy atom. The van der Waals surface area contributed by atoms with Gasteiger partial charge in [-0.2, -0.15) is 0 Å². The molecule has 0 spiro atoms. The predicted octanol–water partition coefficient (Wildman–Crippen LogP) is 2.37. The van der Waals surface area contributed by atoms with Crippen LogP contribution in [0.5, 0.6) is 5.75 Å². The van der Waals surface area contributed by atoms with Crippen LogP contribution >= 0.6 is 12.4 Å². The number of nitrogens with one attached hydrogen (secondary N) is 1. The summed E-state index contributed by atoms with van der Waals surface area (Å²) in [5.74, 6) is 0.591. The molecule has 0 saturated heterocycles. The third-order valence-corrected chi connectivity index (χ3v) is 4.03. The minimum atomic E-state index is -3.18. The number of benzene rings is 2. The molecule has 2 aromatic carbocycles. The summed E-state index contributed by atoms with van der Waals surface area (Å²) < 4.78 is 28.3. The van der Waals surface area contributed by atoms with Crippen LogP contribution in [0.3, 0.4) is 0 Å². The zero-order chi connectivity index (χ0) is 15.5. The summed E-state index contributed by atoms with van der Waals surface area (Å²) in [7, 11) is -3.18. The Kier molecular flexibility index (Phi) is 5.96. The van der Waals surface area contributed by atoms with Crippen molar-refractivity contribution in [2.75, 3.05) is 6.26 Å². The van der Waals surface area contributed by atoms with Gasteiger partial charge in [-0.1, -0.05) is 24.3 Å². The fraction of sp³-hybridized carbons (Fsp3) is 0.133. The van der Waals surface area contributed by atoms with Crippen LogP contribution in [0, 0.1) is 5.41 Å². The van der Waals surface area contributed by atoms with Gasteiger partial charge < -0.3 is 10.5 Å². The zero-order valence-electron chi connectivity index (χ0n) is 11.9. The van der Waals surface area contributed by atoms with E-state index in [0.717, 1.165) is 5.56 Å². The number of sulfone groups is 1. The van der Waals surface area contributed by atoms with E-state index >= 15 is 0 Å². The SMILES string of the molecule is CS(=O)(=O)c1ccc(COc2cccc(C(=N)N)c2)cc1.Cl. The van der Waals surface area contributed by atoms with Crippen LogP contribution in [-0.4, -0.2) is 20.5 Å². The van der Waals surface area contributed by atoms with Crippen LogP contribution < -0.4 is 10.5 Å². The van der Waals surface area contributed by atoms with Crippen molar-refractivity contribution in [1.82, 2.24) is 0 Å². The second-order valence-corrected chi connectivity index (χ2v) is 6.66. The highest BCUT2D eigenvalue weighted by Crippen LogP contribution is 2.16. The van der Waals surface area contributed by atoms with Crippen molar-refractivity contribution < 1.29 is 13.2 Å². The van der Waals surface area contributed by atoms with Crippen molar-refractivity contribution in [2.24, 2.45) is 5.73 Å². The zero-order valence-corrected chi connectivity index (χ0v) is 13.6. The molecule has 7 heteroatoms. The van der Waals surface area contributed by atoms with Crippen LogP contribution in [0.4, 0.5) is 0 Å². The van der Waals surface area contributed by atoms with E-state index in [0.29, 0.717) is 17.9 Å². The standard InChI is InChI=1S/C15H16N2O3S.ClH/c1-21(18,19)14-7-5-11(6-8-14)10-20-13-4-2-3-12(9-13)15(16)17;/h2-9H,10H2,1H3,(H3,16,17);1H. The molecule has 0 fully saturated rings. The van der Waals surface area contributed by atoms with Crippen LogP contribution in [0.2, 0.25) is 0 Å². The van der Waals surface area contributed by atoms with Gasteiger partial charge in [-0.15, -0.1) is 12.4 Å². The Morgan fingerprint density at radius 1 is 1.18 bits per heavy atom. The van der Waals surface area contributed by atoms with Crippen LogP contribution in [0.25, 0.3) is 0 Å². The molecule has 118 valence electrons. The second-order valence-electron chi connectivity index (χ2n) is 4.65. The van der Waals surface area contributed by atoms with Crippen molar-refractivity contribution in [2.45, 2.75) is 11.5 Å². The summed E-state index contributed by atoms with van der Waals surface area (Å²) in [6.45, 7) is 0.311. The first-order valence-electron chi connectivity index (χ1n) is 6.22. The highest BCUT2D eigenvalue weighted by atomic mass is 35.5. The van der Waals surface area contributed by atoms with Gasteiger partial charge in [0.1, 0.15) is 18.2 Å². The molecule has 5 nitrogen and oxygen atoms in total. The van der Waals surface area contributed by atoms with Crippen molar-refractivity contribution in [1.29, 1.82) is 5.41 Å². The number of hydrogen-bond donors (Lipinski definition) is 2. The first kappa shape index (κ1) is 18.0. The summed E-state index contributed by atoms with van der Waals surface area (Å²) in [4.78, 5) is 0.282. The number of nitrogen functional groups attached to an aromatic ring is 1. The van der Waals surface area contributed by atoms with Gasteiger partial charge >= 0.3 is 0 Å². The molecule has 3 N–H and O–H groups in total. The molecule has 0 saturated carbocycles. The lowest BCUT2D eigenvalue weighted by molar-refractivity contribution is 0.306. The Labute approximate surface area is 136 Å². The average molecular weight is 341 g/mol. The summed E-state index contributed by atoms with van der Waals surface area (Å²) >= 11 is 0. The van der Waals surface area contributed by atoms with Gasteiger partial charge in [-0.3, -0.25) is 5.41 Å². The second kappa shape index (κ2) is 7.29. The minimum absolute atomic E-state index is 0. The Balaban J connectivity index is 0.00000242. The van der Waals surface area contributed by atoms with E-state index in [1.807, 2.05) is 0 Å². The number of nitrogens with two attached hydrogens (primary N) is 1. The lowest BCUT2D eigenvalue weighted by atomic mass is 10.2. The summed E-state index contributed by atoms with van der Waals surface area (Å²) in [6.07, 6.45) is 1.17. The maximum atomic E-state index is 11.4. The molecule has 0 aliphatic carbocycles. The van der Waals surface area contributed by atoms with Gasteiger partial charge in [0.25, 0.3) is 0 Å². The van der Waals surface area contributed by atoms with Crippen LogP contribution in [0.15, 0.2) is 53.4 Å². The molecule has 0 unspecified atom stereocenters. The normalized spacial score (nSPS) is 10.6. The van der Waals surface area contributed by atoms with E-state index < -0.39 is 9.84 Å². The molecule has 0 bridgehead atoms. The largest absolute Gasteiger partial charge is 0.489 e. The van der Waals surface area contributed by atoms with Gasteiger partial charge in [-0.05, 0) is 29.8 Å². The fourth-order valence-corrected chi connectivity index (χ4v) is 2.38. The number of hydrogen-bond acceptors (Lipinski definition) is 4. The highest BCUT2D eigenvalue weighted by molar-refractivity contribution is 7.90. The highest BCUT2D eigenvalue weighted by Gasteiger charge is 2.06. The number of halogens is 1. The smallest absolute Gasteiger partial charge is 0.175 e. The van der Waals surface area contributed by atoms with E-state index in [9.17, 15) is 8.42 Å². The Morgan fingerprint density at radius 3 is 2.36 bits per heavy atom. The van der Waals surface area contributed by atoms with Crippen LogP contribution in [-0.2, 0) is 16.4 Å². The topological polar surface area (TPSA) is 93.2 Å². The molecular weight excluding hydrogens is 324 g/mol. The number of amidine groups is 1. The maximum absolute atomic E-state index is 11.4. The average Bonchev–Trinajstić information content (AvgIpc) is 2.45. The van der Waals surface area contributed by atoms with Gasteiger partial charge in [0, 0.05) is 11.8 Å². The molecule has 0 radical (unpaired) electrons. The van der Waals surface area contributed by atoms with E-state index in [2.05, 4.69) is 0 Å². The van der Waals surface area contributed by atoms with Gasteiger partial charge in [0.15, 0.2) is 9.84 Å². The van der Waals surface area contributed by atoms with Crippen molar-refractivity contribution in [3.05, 3.63) is 59.7 Å². The lowest BCUT2D eigenvalue weighted by Gasteiger charge is -2.08. The molecule has 0 atom stereocenters. The Hall–Kier alpha value is -2.05. The molecule has 0 amide bonds.